The van der Waals surface area contributed by atoms with Crippen LogP contribution in [0.3, 0.4) is 0 Å². The fraction of sp³-hybridized carbons (Fsp3) is 0.231. The third kappa shape index (κ3) is 5.38. The van der Waals surface area contributed by atoms with Crippen molar-refractivity contribution in [3.8, 4) is 0 Å². The van der Waals surface area contributed by atoms with Crippen molar-refractivity contribution in [3.63, 3.8) is 0 Å². The highest BCUT2D eigenvalue weighted by Gasteiger charge is 2.22. The van der Waals surface area contributed by atoms with Gasteiger partial charge in [0.2, 0.25) is 0 Å². The number of hydrogen-bond acceptors (Lipinski definition) is 3. The summed E-state index contributed by atoms with van der Waals surface area (Å²) in [4.78, 5) is 19.5. The molecule has 1 aromatic heterocycles. The van der Waals surface area contributed by atoms with Crippen LogP contribution in [0.1, 0.15) is 35.0 Å². The fourth-order valence-electron chi connectivity index (χ4n) is 3.79. The number of aryl methyl sites for hydroxylation is 1. The van der Waals surface area contributed by atoms with Crippen LogP contribution in [-0.2, 0) is 17.8 Å². The van der Waals surface area contributed by atoms with Crippen molar-refractivity contribution in [2.45, 2.75) is 38.5 Å². The molecule has 0 aliphatic heterocycles. The Kier molecular flexibility index (Phi) is 6.75. The van der Waals surface area contributed by atoms with Crippen molar-refractivity contribution in [2.24, 2.45) is 0 Å². The minimum atomic E-state index is -0.171. The molecule has 0 radical (unpaired) electrons. The zero-order chi connectivity index (χ0) is 21.5. The number of imidazole rings is 1. The van der Waals surface area contributed by atoms with E-state index in [-0.39, 0.29) is 18.1 Å². The van der Waals surface area contributed by atoms with Gasteiger partial charge in [0.05, 0.1) is 31.3 Å². The molecule has 0 fully saturated rings. The molecule has 4 aromatic rings. The molecule has 0 aliphatic rings. The molecule has 2 atom stereocenters. The number of nitrogens with one attached hydrogen (secondary N) is 2. The van der Waals surface area contributed by atoms with Crippen LogP contribution in [0.25, 0.3) is 10.8 Å². The number of hydrogen-bond donors (Lipinski definition) is 2. The molecule has 5 heteroatoms. The number of carbonyl (C=O) groups excluding carboxylic acids is 1. The van der Waals surface area contributed by atoms with E-state index in [0.29, 0.717) is 12.3 Å². The SMILES string of the molecule is C[C@H](OCc1ccccc1)[C@@H](CCc1cccc2ccccc12)NC(=O)c1cnc[nH]1. The molecular formula is C26H27N3O2. The van der Waals surface area contributed by atoms with Crippen molar-refractivity contribution < 1.29 is 9.53 Å². The van der Waals surface area contributed by atoms with Crippen molar-refractivity contribution in [2.75, 3.05) is 0 Å². The number of aromatic amines is 1. The third-order valence-corrected chi connectivity index (χ3v) is 5.59. The van der Waals surface area contributed by atoms with Gasteiger partial charge in [-0.25, -0.2) is 4.98 Å². The molecule has 1 amide bonds. The van der Waals surface area contributed by atoms with E-state index in [4.69, 9.17) is 4.74 Å². The molecule has 0 bridgehead atoms. The Hall–Kier alpha value is -3.44. The highest BCUT2D eigenvalue weighted by Crippen LogP contribution is 2.21. The van der Waals surface area contributed by atoms with E-state index in [1.165, 1.54) is 28.9 Å². The van der Waals surface area contributed by atoms with Gasteiger partial charge in [-0.15, -0.1) is 0 Å². The van der Waals surface area contributed by atoms with E-state index in [1.54, 1.807) is 0 Å². The number of carbonyl (C=O) groups is 1. The number of H-pyrrole nitrogens is 1. The Morgan fingerprint density at radius 3 is 2.61 bits per heavy atom. The van der Waals surface area contributed by atoms with Crippen molar-refractivity contribution in [3.05, 3.63) is 102 Å². The summed E-state index contributed by atoms with van der Waals surface area (Å²) in [6, 6.07) is 24.7. The van der Waals surface area contributed by atoms with Crippen LogP contribution < -0.4 is 5.32 Å². The van der Waals surface area contributed by atoms with E-state index in [2.05, 4.69) is 57.7 Å². The number of fused-ring (bicyclic) bond motifs is 1. The Morgan fingerprint density at radius 1 is 1.03 bits per heavy atom. The second kappa shape index (κ2) is 10.0. The molecule has 3 aromatic carbocycles. The number of aromatic nitrogens is 2. The van der Waals surface area contributed by atoms with Gasteiger partial charge in [-0.1, -0.05) is 72.8 Å². The quantitative estimate of drug-likeness (QED) is 0.410. The summed E-state index contributed by atoms with van der Waals surface area (Å²) < 4.78 is 6.14. The van der Waals surface area contributed by atoms with Crippen LogP contribution in [0, 0.1) is 0 Å². The van der Waals surface area contributed by atoms with E-state index in [9.17, 15) is 4.79 Å². The first kappa shape index (κ1) is 20.8. The highest BCUT2D eigenvalue weighted by molar-refractivity contribution is 5.92. The van der Waals surface area contributed by atoms with Crippen molar-refractivity contribution in [1.29, 1.82) is 0 Å². The van der Waals surface area contributed by atoms with E-state index in [1.807, 2.05) is 37.3 Å². The third-order valence-electron chi connectivity index (χ3n) is 5.59. The average molecular weight is 414 g/mol. The predicted octanol–water partition coefficient (Wildman–Crippen LogP) is 4.90. The monoisotopic (exact) mass is 413 g/mol. The van der Waals surface area contributed by atoms with Gasteiger partial charge in [0, 0.05) is 0 Å². The molecule has 2 N–H and O–H groups in total. The Balaban J connectivity index is 1.47. The average Bonchev–Trinajstić information content (AvgIpc) is 3.36. The Labute approximate surface area is 182 Å². The largest absolute Gasteiger partial charge is 0.372 e. The lowest BCUT2D eigenvalue weighted by Crippen LogP contribution is -2.43. The summed E-state index contributed by atoms with van der Waals surface area (Å²) in [5.74, 6) is -0.171. The maximum atomic E-state index is 12.7. The minimum absolute atomic E-state index is 0.140. The van der Waals surface area contributed by atoms with Crippen LogP contribution in [-0.4, -0.2) is 28.0 Å². The number of amides is 1. The first-order chi connectivity index (χ1) is 15.2. The summed E-state index contributed by atoms with van der Waals surface area (Å²) in [7, 11) is 0. The van der Waals surface area contributed by atoms with E-state index >= 15 is 0 Å². The normalized spacial score (nSPS) is 13.1. The minimum Gasteiger partial charge on any atom is -0.372 e. The van der Waals surface area contributed by atoms with Crippen molar-refractivity contribution >= 4 is 16.7 Å². The number of benzene rings is 3. The molecule has 158 valence electrons. The summed E-state index contributed by atoms with van der Waals surface area (Å²) in [5, 5.41) is 5.62. The molecule has 31 heavy (non-hydrogen) atoms. The number of ether oxygens (including phenoxy) is 1. The highest BCUT2D eigenvalue weighted by atomic mass is 16.5. The molecule has 0 unspecified atom stereocenters. The zero-order valence-electron chi connectivity index (χ0n) is 17.6. The summed E-state index contributed by atoms with van der Waals surface area (Å²) in [6.07, 6.45) is 4.50. The van der Waals surface area contributed by atoms with Crippen LogP contribution >= 0.6 is 0 Å². The van der Waals surface area contributed by atoms with E-state index < -0.39 is 0 Å². The lowest BCUT2D eigenvalue weighted by molar-refractivity contribution is 0.0242. The molecular weight excluding hydrogens is 386 g/mol. The molecule has 0 saturated carbocycles. The lowest BCUT2D eigenvalue weighted by atomic mass is 9.97. The van der Waals surface area contributed by atoms with Crippen LogP contribution in [0.15, 0.2) is 85.3 Å². The maximum Gasteiger partial charge on any atom is 0.269 e. The standard InChI is InChI=1S/C26H27N3O2/c1-19(31-17-20-8-3-2-4-9-20)24(29-26(30)25-16-27-18-28-25)15-14-22-12-7-11-21-10-5-6-13-23(21)22/h2-13,16,18-19,24H,14-15,17H2,1H3,(H,27,28)(H,29,30)/t19-,24+/m0/s1. The van der Waals surface area contributed by atoms with Crippen molar-refractivity contribution in [1.82, 2.24) is 15.3 Å². The zero-order valence-corrected chi connectivity index (χ0v) is 17.6. The van der Waals surface area contributed by atoms with Crippen LogP contribution in [0.4, 0.5) is 0 Å². The number of nitrogens with zero attached hydrogens (tertiary/aromatic N) is 1. The van der Waals surface area contributed by atoms with Gasteiger partial charge in [-0.05, 0) is 41.7 Å². The first-order valence-electron chi connectivity index (χ1n) is 10.6. The molecule has 5 nitrogen and oxygen atoms in total. The van der Waals surface area contributed by atoms with Crippen LogP contribution in [0.2, 0.25) is 0 Å². The molecule has 0 saturated heterocycles. The second-order valence-electron chi connectivity index (χ2n) is 7.72. The summed E-state index contributed by atoms with van der Waals surface area (Å²) in [5.41, 5.74) is 2.83. The molecule has 4 rings (SSSR count). The van der Waals surface area contributed by atoms with Gasteiger partial charge in [0.15, 0.2) is 0 Å². The van der Waals surface area contributed by atoms with Gasteiger partial charge in [0.25, 0.3) is 5.91 Å². The van der Waals surface area contributed by atoms with Gasteiger partial charge in [-0.3, -0.25) is 4.79 Å². The molecule has 0 spiro atoms. The molecule has 1 heterocycles. The topological polar surface area (TPSA) is 67.0 Å². The second-order valence-corrected chi connectivity index (χ2v) is 7.72. The van der Waals surface area contributed by atoms with Crippen LogP contribution in [0.5, 0.6) is 0 Å². The Morgan fingerprint density at radius 2 is 1.81 bits per heavy atom. The predicted molar refractivity (Wildman–Crippen MR) is 123 cm³/mol. The fourth-order valence-corrected chi connectivity index (χ4v) is 3.79. The molecule has 0 aliphatic carbocycles. The smallest absolute Gasteiger partial charge is 0.269 e. The van der Waals surface area contributed by atoms with Gasteiger partial charge >= 0.3 is 0 Å². The lowest BCUT2D eigenvalue weighted by Gasteiger charge is -2.26. The number of rotatable bonds is 9. The Bertz CT molecular complexity index is 1100. The summed E-state index contributed by atoms with van der Waals surface area (Å²) in [6.45, 7) is 2.52. The van der Waals surface area contributed by atoms with Gasteiger partial charge < -0.3 is 15.0 Å². The first-order valence-corrected chi connectivity index (χ1v) is 10.6. The van der Waals surface area contributed by atoms with Gasteiger partial charge in [0.1, 0.15) is 5.69 Å². The van der Waals surface area contributed by atoms with Gasteiger partial charge in [-0.2, -0.15) is 0 Å². The maximum absolute atomic E-state index is 12.7. The summed E-state index contributed by atoms with van der Waals surface area (Å²) >= 11 is 0. The van der Waals surface area contributed by atoms with E-state index in [0.717, 1.165) is 18.4 Å².